The number of carbonyl (C=O) groups excluding carboxylic acids is 1. The van der Waals surface area contributed by atoms with Crippen molar-refractivity contribution in [2.24, 2.45) is 5.14 Å². The van der Waals surface area contributed by atoms with Crippen LogP contribution in [-0.2, 0) is 14.8 Å². The zero-order chi connectivity index (χ0) is 19.4. The normalized spacial score (nSPS) is 11.3. The highest BCUT2D eigenvalue weighted by atomic mass is 32.2. The SMILES string of the molecule is NS(=O)(=O)c1cccc(NC(=O)CSc2nc(-c3ccc(F)cc3)cs2)c1. The molecule has 1 amide bonds. The average molecular weight is 424 g/mol. The van der Waals surface area contributed by atoms with Gasteiger partial charge in [-0.3, -0.25) is 4.79 Å². The van der Waals surface area contributed by atoms with E-state index >= 15 is 0 Å². The smallest absolute Gasteiger partial charge is 0.238 e. The van der Waals surface area contributed by atoms with Gasteiger partial charge in [0.05, 0.1) is 16.3 Å². The molecule has 0 saturated carbocycles. The number of benzene rings is 2. The quantitative estimate of drug-likeness (QED) is 0.592. The van der Waals surface area contributed by atoms with E-state index in [9.17, 15) is 17.6 Å². The number of hydrogen-bond acceptors (Lipinski definition) is 6. The van der Waals surface area contributed by atoms with E-state index in [0.717, 1.165) is 5.56 Å². The molecular weight excluding hydrogens is 409 g/mol. The van der Waals surface area contributed by atoms with E-state index in [-0.39, 0.29) is 22.4 Å². The first-order valence-electron chi connectivity index (χ1n) is 7.58. The first-order chi connectivity index (χ1) is 12.8. The van der Waals surface area contributed by atoms with Gasteiger partial charge in [-0.25, -0.2) is 22.9 Å². The second-order valence-corrected chi connectivity index (χ2v) is 9.06. The van der Waals surface area contributed by atoms with Gasteiger partial charge in [0.25, 0.3) is 0 Å². The lowest BCUT2D eigenvalue weighted by Gasteiger charge is -2.06. The van der Waals surface area contributed by atoms with Gasteiger partial charge in [0.15, 0.2) is 4.34 Å². The molecule has 0 radical (unpaired) electrons. The number of nitrogens with one attached hydrogen (secondary N) is 1. The highest BCUT2D eigenvalue weighted by Crippen LogP contribution is 2.28. The minimum absolute atomic E-state index is 0.0724. The molecule has 1 aromatic heterocycles. The van der Waals surface area contributed by atoms with E-state index in [0.29, 0.717) is 15.7 Å². The van der Waals surface area contributed by atoms with Crippen LogP contribution in [0.2, 0.25) is 0 Å². The molecule has 140 valence electrons. The molecule has 0 aliphatic rings. The van der Waals surface area contributed by atoms with Crippen molar-refractivity contribution in [3.8, 4) is 11.3 Å². The summed E-state index contributed by atoms with van der Waals surface area (Å²) in [5.41, 5.74) is 1.85. The summed E-state index contributed by atoms with van der Waals surface area (Å²) in [6.45, 7) is 0. The van der Waals surface area contributed by atoms with Gasteiger partial charge < -0.3 is 5.32 Å². The minimum atomic E-state index is -3.83. The van der Waals surface area contributed by atoms with E-state index in [1.807, 2.05) is 5.38 Å². The monoisotopic (exact) mass is 423 g/mol. The number of sulfonamides is 1. The van der Waals surface area contributed by atoms with Crippen LogP contribution >= 0.6 is 23.1 Å². The predicted molar refractivity (Wildman–Crippen MR) is 105 cm³/mol. The van der Waals surface area contributed by atoms with Crippen LogP contribution in [0.1, 0.15) is 0 Å². The first kappa shape index (κ1) is 19.5. The Morgan fingerprint density at radius 2 is 1.96 bits per heavy atom. The number of rotatable bonds is 6. The molecular formula is C17H14FN3O3S3. The Labute approximate surface area is 163 Å². The molecule has 0 spiro atoms. The summed E-state index contributed by atoms with van der Waals surface area (Å²) < 4.78 is 36.4. The number of carbonyl (C=O) groups is 1. The van der Waals surface area contributed by atoms with Crippen molar-refractivity contribution < 1.29 is 17.6 Å². The van der Waals surface area contributed by atoms with Crippen LogP contribution in [0.15, 0.2) is 63.1 Å². The van der Waals surface area contributed by atoms with Crippen molar-refractivity contribution in [3.05, 3.63) is 59.7 Å². The Morgan fingerprint density at radius 1 is 1.22 bits per heavy atom. The standard InChI is InChI=1S/C17H14FN3O3S3/c18-12-6-4-11(5-7-12)15-9-25-17(21-15)26-10-16(22)20-13-2-1-3-14(8-13)27(19,23)24/h1-9H,10H2,(H,20,22)(H2,19,23,24). The van der Waals surface area contributed by atoms with Crippen LogP contribution in [0.25, 0.3) is 11.3 Å². The molecule has 3 rings (SSSR count). The average Bonchev–Trinajstić information content (AvgIpc) is 3.09. The maximum atomic E-state index is 13.0. The molecule has 6 nitrogen and oxygen atoms in total. The second-order valence-electron chi connectivity index (χ2n) is 5.42. The summed E-state index contributed by atoms with van der Waals surface area (Å²) in [5.74, 6) is -0.507. The number of hydrogen-bond donors (Lipinski definition) is 2. The van der Waals surface area contributed by atoms with Crippen molar-refractivity contribution in [1.82, 2.24) is 4.98 Å². The molecule has 10 heteroatoms. The molecule has 0 atom stereocenters. The fourth-order valence-electron chi connectivity index (χ4n) is 2.15. The molecule has 3 aromatic rings. The van der Waals surface area contributed by atoms with Crippen LogP contribution in [-0.4, -0.2) is 25.1 Å². The number of thiazole rings is 1. The van der Waals surface area contributed by atoms with Crippen LogP contribution in [0, 0.1) is 5.82 Å². The lowest BCUT2D eigenvalue weighted by molar-refractivity contribution is -0.113. The number of aromatic nitrogens is 1. The van der Waals surface area contributed by atoms with Gasteiger partial charge in [-0.15, -0.1) is 11.3 Å². The van der Waals surface area contributed by atoms with Gasteiger partial charge >= 0.3 is 0 Å². The number of amides is 1. The van der Waals surface area contributed by atoms with Gasteiger partial charge in [0, 0.05) is 16.6 Å². The maximum absolute atomic E-state index is 13.0. The Morgan fingerprint density at radius 3 is 2.67 bits per heavy atom. The Balaban J connectivity index is 1.59. The number of nitrogens with zero attached hydrogens (tertiary/aromatic N) is 1. The summed E-state index contributed by atoms with van der Waals surface area (Å²) in [4.78, 5) is 16.4. The van der Waals surface area contributed by atoms with Gasteiger partial charge in [-0.1, -0.05) is 17.8 Å². The largest absolute Gasteiger partial charge is 0.325 e. The zero-order valence-electron chi connectivity index (χ0n) is 13.8. The van der Waals surface area contributed by atoms with Gasteiger partial charge in [-0.05, 0) is 42.5 Å². The van der Waals surface area contributed by atoms with Crippen molar-refractivity contribution in [2.45, 2.75) is 9.24 Å². The summed E-state index contributed by atoms with van der Waals surface area (Å²) in [6, 6.07) is 11.7. The number of primary sulfonamides is 1. The molecule has 27 heavy (non-hydrogen) atoms. The number of nitrogens with two attached hydrogens (primary N) is 1. The molecule has 1 heterocycles. The minimum Gasteiger partial charge on any atom is -0.325 e. The maximum Gasteiger partial charge on any atom is 0.238 e. The Kier molecular flexibility index (Phi) is 5.90. The van der Waals surface area contributed by atoms with Crippen molar-refractivity contribution in [1.29, 1.82) is 0 Å². The van der Waals surface area contributed by atoms with Gasteiger partial charge in [0.2, 0.25) is 15.9 Å². The zero-order valence-corrected chi connectivity index (χ0v) is 16.2. The third-order valence-corrected chi connectivity index (χ3v) is 6.33. The van der Waals surface area contributed by atoms with Gasteiger partial charge in [0.1, 0.15) is 5.82 Å². The van der Waals surface area contributed by atoms with E-state index in [2.05, 4.69) is 10.3 Å². The van der Waals surface area contributed by atoms with Gasteiger partial charge in [-0.2, -0.15) is 0 Å². The second kappa shape index (κ2) is 8.17. The molecule has 0 unspecified atom stereocenters. The van der Waals surface area contributed by atoms with Crippen LogP contribution in [0.5, 0.6) is 0 Å². The molecule has 2 aromatic carbocycles. The van der Waals surface area contributed by atoms with Crippen LogP contribution in [0.3, 0.4) is 0 Å². The third kappa shape index (κ3) is 5.36. The highest BCUT2D eigenvalue weighted by molar-refractivity contribution is 8.01. The first-order valence-corrected chi connectivity index (χ1v) is 11.0. The van der Waals surface area contributed by atoms with Crippen molar-refractivity contribution >= 4 is 44.7 Å². The van der Waals surface area contributed by atoms with Crippen LogP contribution < -0.4 is 10.5 Å². The van der Waals surface area contributed by atoms with Crippen LogP contribution in [0.4, 0.5) is 10.1 Å². The number of anilines is 1. The summed E-state index contributed by atoms with van der Waals surface area (Å²) in [5, 5.41) is 9.54. The molecule has 0 bridgehead atoms. The predicted octanol–water partition coefficient (Wildman–Crippen LogP) is 3.33. The van der Waals surface area contributed by atoms with E-state index < -0.39 is 10.0 Å². The Bertz CT molecular complexity index is 1070. The lowest BCUT2D eigenvalue weighted by Crippen LogP contribution is -2.16. The number of thioether (sulfide) groups is 1. The highest BCUT2D eigenvalue weighted by Gasteiger charge is 2.11. The summed E-state index contributed by atoms with van der Waals surface area (Å²) in [6.07, 6.45) is 0. The number of halogens is 1. The van der Waals surface area contributed by atoms with Crippen molar-refractivity contribution in [2.75, 3.05) is 11.1 Å². The summed E-state index contributed by atoms with van der Waals surface area (Å²) >= 11 is 2.64. The van der Waals surface area contributed by atoms with E-state index in [1.165, 1.54) is 53.4 Å². The molecule has 0 aliphatic heterocycles. The van der Waals surface area contributed by atoms with E-state index in [4.69, 9.17) is 5.14 Å². The molecule has 0 aliphatic carbocycles. The Hall–Kier alpha value is -2.27. The molecule has 0 saturated heterocycles. The van der Waals surface area contributed by atoms with Crippen molar-refractivity contribution in [3.63, 3.8) is 0 Å². The lowest BCUT2D eigenvalue weighted by atomic mass is 10.2. The fraction of sp³-hybridized carbons (Fsp3) is 0.0588. The topological polar surface area (TPSA) is 102 Å². The third-order valence-electron chi connectivity index (χ3n) is 3.40. The molecule has 3 N–H and O–H groups in total. The summed E-state index contributed by atoms with van der Waals surface area (Å²) in [7, 11) is -3.83. The molecule has 0 fully saturated rings. The fourth-order valence-corrected chi connectivity index (χ4v) is 4.35. The van der Waals surface area contributed by atoms with E-state index in [1.54, 1.807) is 18.2 Å².